The number of halogens is 3. The van der Waals surface area contributed by atoms with Crippen LogP contribution in [0.3, 0.4) is 0 Å². The van der Waals surface area contributed by atoms with Gasteiger partial charge in [-0.3, -0.25) is 4.79 Å². The van der Waals surface area contributed by atoms with E-state index in [-0.39, 0.29) is 35.9 Å². The first-order chi connectivity index (χ1) is 13.7. The van der Waals surface area contributed by atoms with Gasteiger partial charge in [0.05, 0.1) is 12.6 Å². The zero-order chi connectivity index (χ0) is 20.8. The molecule has 1 amide bonds. The van der Waals surface area contributed by atoms with Crippen LogP contribution in [0, 0.1) is 5.92 Å². The zero-order valence-electron chi connectivity index (χ0n) is 16.2. The highest BCUT2D eigenvalue weighted by Crippen LogP contribution is 2.41. The lowest BCUT2D eigenvalue weighted by Gasteiger charge is -2.35. The van der Waals surface area contributed by atoms with Gasteiger partial charge in [0.2, 0.25) is 0 Å². The molecule has 0 unspecified atom stereocenters. The van der Waals surface area contributed by atoms with Gasteiger partial charge < -0.3 is 15.4 Å². The third-order valence-electron chi connectivity index (χ3n) is 5.52. The number of hydrogen-bond donors (Lipinski definition) is 2. The smallest absolute Gasteiger partial charge is 0.410 e. The topological polar surface area (TPSA) is 68.2 Å². The first-order valence-electron chi connectivity index (χ1n) is 9.69. The Morgan fingerprint density at radius 2 is 2.10 bits per heavy atom. The largest absolute Gasteiger partial charge is 0.493 e. The number of hydrogen-bond acceptors (Lipinski definition) is 4. The van der Waals surface area contributed by atoms with E-state index in [1.165, 1.54) is 6.07 Å². The first-order valence-corrected chi connectivity index (χ1v) is 9.69. The van der Waals surface area contributed by atoms with Crippen LogP contribution in [0.5, 0.6) is 5.75 Å². The van der Waals surface area contributed by atoms with Crippen molar-refractivity contribution in [2.45, 2.75) is 51.0 Å². The van der Waals surface area contributed by atoms with Crippen LogP contribution in [0.25, 0.3) is 0 Å². The highest BCUT2D eigenvalue weighted by atomic mass is 19.4. The molecule has 0 spiro atoms. The highest BCUT2D eigenvalue weighted by Gasteiger charge is 2.47. The van der Waals surface area contributed by atoms with Crippen molar-refractivity contribution in [3.63, 3.8) is 0 Å². The maximum atomic E-state index is 13.6. The Kier molecular flexibility index (Phi) is 4.92. The molecule has 6 nitrogen and oxygen atoms in total. The molecule has 0 fully saturated rings. The molecule has 156 valence electrons. The van der Waals surface area contributed by atoms with E-state index in [0.29, 0.717) is 18.8 Å². The van der Waals surface area contributed by atoms with E-state index in [1.807, 2.05) is 38.1 Å². The van der Waals surface area contributed by atoms with Gasteiger partial charge in [-0.2, -0.15) is 18.3 Å². The van der Waals surface area contributed by atoms with E-state index < -0.39 is 18.1 Å². The maximum absolute atomic E-state index is 13.6. The van der Waals surface area contributed by atoms with Crippen molar-refractivity contribution in [1.29, 1.82) is 0 Å². The molecule has 1 aromatic carbocycles. The van der Waals surface area contributed by atoms with Gasteiger partial charge in [0.15, 0.2) is 11.7 Å². The number of carbonyl (C=O) groups excluding carboxylic acids is 1. The van der Waals surface area contributed by atoms with Crippen LogP contribution >= 0.6 is 0 Å². The second-order valence-corrected chi connectivity index (χ2v) is 7.85. The normalized spacial score (nSPS) is 23.6. The van der Waals surface area contributed by atoms with Crippen molar-refractivity contribution in [2.24, 2.45) is 5.92 Å². The first kappa shape index (κ1) is 19.6. The van der Waals surface area contributed by atoms with Crippen molar-refractivity contribution in [3.05, 3.63) is 41.6 Å². The van der Waals surface area contributed by atoms with Gasteiger partial charge in [0, 0.05) is 24.1 Å². The summed E-state index contributed by atoms with van der Waals surface area (Å²) in [6, 6.07) is 6.42. The molecular weight excluding hydrogens is 385 g/mol. The van der Waals surface area contributed by atoms with Gasteiger partial charge in [0.1, 0.15) is 11.6 Å². The molecule has 0 radical (unpaired) electrons. The van der Waals surface area contributed by atoms with Crippen LogP contribution in [-0.2, 0) is 0 Å². The predicted molar refractivity (Wildman–Crippen MR) is 101 cm³/mol. The Labute approximate surface area is 166 Å². The molecule has 9 heteroatoms. The summed E-state index contributed by atoms with van der Waals surface area (Å²) in [7, 11) is 0. The fourth-order valence-corrected chi connectivity index (χ4v) is 3.88. The SMILES string of the molecule is CC(C)[C@@H]1C[C@@H](C(F)(F)F)n2nc(C(=O)N[C@@H]3CCOc4ccccc43)cc2N1. The molecule has 29 heavy (non-hydrogen) atoms. The summed E-state index contributed by atoms with van der Waals surface area (Å²) in [5, 5.41) is 9.98. The third-order valence-corrected chi connectivity index (χ3v) is 5.52. The van der Waals surface area contributed by atoms with Gasteiger partial charge in [-0.05, 0) is 18.4 Å². The summed E-state index contributed by atoms with van der Waals surface area (Å²) in [4.78, 5) is 12.8. The minimum atomic E-state index is -4.44. The van der Waals surface area contributed by atoms with E-state index in [4.69, 9.17) is 4.74 Å². The van der Waals surface area contributed by atoms with E-state index >= 15 is 0 Å². The van der Waals surface area contributed by atoms with Crippen LogP contribution in [0.1, 0.15) is 54.8 Å². The second-order valence-electron chi connectivity index (χ2n) is 7.85. The fourth-order valence-electron chi connectivity index (χ4n) is 3.88. The molecular formula is C20H23F3N4O2. The monoisotopic (exact) mass is 408 g/mol. The number of fused-ring (bicyclic) bond motifs is 2. The fraction of sp³-hybridized carbons (Fsp3) is 0.500. The number of para-hydroxylation sites is 1. The predicted octanol–water partition coefficient (Wildman–Crippen LogP) is 4.08. The number of nitrogens with zero attached hydrogens (tertiary/aromatic N) is 2. The molecule has 3 heterocycles. The molecule has 0 aliphatic carbocycles. The van der Waals surface area contributed by atoms with Gasteiger partial charge in [0.25, 0.3) is 5.91 Å². The van der Waals surface area contributed by atoms with Gasteiger partial charge >= 0.3 is 6.18 Å². The number of carbonyl (C=O) groups is 1. The molecule has 2 N–H and O–H groups in total. The minimum Gasteiger partial charge on any atom is -0.493 e. The number of anilines is 1. The van der Waals surface area contributed by atoms with Crippen LogP contribution < -0.4 is 15.4 Å². The van der Waals surface area contributed by atoms with Crippen molar-refractivity contribution < 1.29 is 22.7 Å². The molecule has 2 aliphatic heterocycles. The van der Waals surface area contributed by atoms with Crippen molar-refractivity contribution >= 4 is 11.7 Å². The molecule has 4 rings (SSSR count). The lowest BCUT2D eigenvalue weighted by atomic mass is 9.94. The van der Waals surface area contributed by atoms with Crippen molar-refractivity contribution in [1.82, 2.24) is 15.1 Å². The maximum Gasteiger partial charge on any atom is 0.410 e. The molecule has 0 bridgehead atoms. The summed E-state index contributed by atoms with van der Waals surface area (Å²) < 4.78 is 47.3. The van der Waals surface area contributed by atoms with E-state index in [1.54, 1.807) is 0 Å². The average molecular weight is 408 g/mol. The van der Waals surface area contributed by atoms with Crippen LogP contribution in [0.15, 0.2) is 30.3 Å². The Bertz CT molecular complexity index is 909. The number of benzene rings is 1. The number of amides is 1. The number of aromatic nitrogens is 2. The summed E-state index contributed by atoms with van der Waals surface area (Å²) in [5.74, 6) is 0.429. The molecule has 2 aliphatic rings. The minimum absolute atomic E-state index is 0.0134. The zero-order valence-corrected chi connectivity index (χ0v) is 16.2. The Morgan fingerprint density at radius 1 is 1.34 bits per heavy atom. The Morgan fingerprint density at radius 3 is 2.83 bits per heavy atom. The molecule has 3 atom stereocenters. The summed E-state index contributed by atoms with van der Waals surface area (Å²) in [6.45, 7) is 4.19. The Balaban J connectivity index is 1.59. The molecule has 0 saturated carbocycles. The van der Waals surface area contributed by atoms with Crippen molar-refractivity contribution in [2.75, 3.05) is 11.9 Å². The van der Waals surface area contributed by atoms with Crippen LogP contribution in [-0.4, -0.2) is 34.5 Å². The highest BCUT2D eigenvalue weighted by molar-refractivity contribution is 5.93. The van der Waals surface area contributed by atoms with E-state index in [9.17, 15) is 18.0 Å². The average Bonchev–Trinajstić information content (AvgIpc) is 3.11. The summed E-state index contributed by atoms with van der Waals surface area (Å²) in [6.07, 6.45) is -3.98. The van der Waals surface area contributed by atoms with Crippen LogP contribution in [0.4, 0.5) is 19.0 Å². The van der Waals surface area contributed by atoms with E-state index in [0.717, 1.165) is 10.2 Å². The van der Waals surface area contributed by atoms with Gasteiger partial charge in [-0.15, -0.1) is 0 Å². The molecule has 2 aromatic rings. The number of rotatable bonds is 3. The lowest BCUT2D eigenvalue weighted by Crippen LogP contribution is -2.41. The van der Waals surface area contributed by atoms with Gasteiger partial charge in [-0.25, -0.2) is 4.68 Å². The van der Waals surface area contributed by atoms with Crippen molar-refractivity contribution in [3.8, 4) is 5.75 Å². The summed E-state index contributed by atoms with van der Waals surface area (Å²) >= 11 is 0. The Hall–Kier alpha value is -2.71. The quantitative estimate of drug-likeness (QED) is 0.803. The second kappa shape index (κ2) is 7.27. The third kappa shape index (κ3) is 3.77. The molecule has 1 aromatic heterocycles. The van der Waals surface area contributed by atoms with Crippen LogP contribution in [0.2, 0.25) is 0 Å². The molecule has 0 saturated heterocycles. The number of ether oxygens (including phenoxy) is 1. The number of nitrogens with one attached hydrogen (secondary N) is 2. The standard InChI is InChI=1S/C20H23F3N4O2/c1-11(2)14-9-17(20(21,22)23)27-18(24-14)10-15(26-27)19(28)25-13-7-8-29-16-6-4-3-5-12(13)16/h3-6,10-11,13-14,17,24H,7-9H2,1-2H3,(H,25,28)/t13-,14+,17+/m1/s1. The lowest BCUT2D eigenvalue weighted by molar-refractivity contribution is -0.174. The number of alkyl halides is 3. The van der Waals surface area contributed by atoms with Gasteiger partial charge in [-0.1, -0.05) is 32.0 Å². The summed E-state index contributed by atoms with van der Waals surface area (Å²) in [5.41, 5.74) is 0.817. The van der Waals surface area contributed by atoms with E-state index in [2.05, 4.69) is 15.7 Å².